The van der Waals surface area contributed by atoms with Crippen LogP contribution in [-0.4, -0.2) is 51.7 Å². The summed E-state index contributed by atoms with van der Waals surface area (Å²) in [7, 11) is 0. The molecular formula is C13H24O5. The summed E-state index contributed by atoms with van der Waals surface area (Å²) in [5.41, 5.74) is 0.392. The molecule has 0 aliphatic rings. The summed E-state index contributed by atoms with van der Waals surface area (Å²) in [5.74, 6) is -0.388. The lowest BCUT2D eigenvalue weighted by Crippen LogP contribution is -2.14. The van der Waals surface area contributed by atoms with Crippen molar-refractivity contribution in [1.82, 2.24) is 0 Å². The van der Waals surface area contributed by atoms with Crippen LogP contribution in [0.1, 0.15) is 20.8 Å². The minimum atomic E-state index is -0.388. The van der Waals surface area contributed by atoms with E-state index in [9.17, 15) is 4.79 Å². The standard InChI is InChI=1S/C13H24O5/c1-11(2)13(14)18-10-8-16-6-5-15-7-9-17-12(3)4/h12H,1,5-10H2,2-4H3. The predicted octanol–water partition coefficient (Wildman–Crippen LogP) is 1.56. The van der Waals surface area contributed by atoms with Crippen molar-refractivity contribution in [2.75, 3.05) is 39.6 Å². The monoisotopic (exact) mass is 260 g/mol. The molecule has 0 aromatic heterocycles. The van der Waals surface area contributed by atoms with Crippen LogP contribution in [0.3, 0.4) is 0 Å². The SMILES string of the molecule is C=C(C)C(=O)OCCOCCOCCOC(C)C. The van der Waals surface area contributed by atoms with E-state index in [0.717, 1.165) is 0 Å². The molecule has 0 rings (SSSR count). The highest BCUT2D eigenvalue weighted by atomic mass is 16.6. The topological polar surface area (TPSA) is 54.0 Å². The first-order chi connectivity index (χ1) is 8.54. The number of ether oxygens (including phenoxy) is 4. The van der Waals surface area contributed by atoms with Crippen LogP contribution in [0, 0.1) is 0 Å². The zero-order chi connectivity index (χ0) is 13.8. The Kier molecular flexibility index (Phi) is 10.6. The number of esters is 1. The van der Waals surface area contributed by atoms with Crippen LogP contribution in [0.15, 0.2) is 12.2 Å². The van der Waals surface area contributed by atoms with Crippen molar-refractivity contribution in [3.05, 3.63) is 12.2 Å². The molecule has 0 aromatic rings. The second-order valence-electron chi connectivity index (χ2n) is 4.06. The molecule has 0 N–H and O–H groups in total. The molecule has 5 heteroatoms. The number of hydrogen-bond donors (Lipinski definition) is 0. The molecule has 0 amide bonds. The van der Waals surface area contributed by atoms with Gasteiger partial charge in [0.2, 0.25) is 0 Å². The lowest BCUT2D eigenvalue weighted by Gasteiger charge is -2.08. The molecule has 0 fully saturated rings. The Morgan fingerprint density at radius 3 is 2.00 bits per heavy atom. The lowest BCUT2D eigenvalue weighted by molar-refractivity contribution is -0.140. The number of hydrogen-bond acceptors (Lipinski definition) is 5. The maximum Gasteiger partial charge on any atom is 0.333 e. The first kappa shape index (κ1) is 17.1. The van der Waals surface area contributed by atoms with Crippen molar-refractivity contribution in [3.63, 3.8) is 0 Å². The second kappa shape index (κ2) is 11.2. The van der Waals surface area contributed by atoms with Crippen molar-refractivity contribution in [3.8, 4) is 0 Å². The molecule has 18 heavy (non-hydrogen) atoms. The predicted molar refractivity (Wildman–Crippen MR) is 68.5 cm³/mol. The van der Waals surface area contributed by atoms with E-state index in [-0.39, 0.29) is 18.7 Å². The van der Waals surface area contributed by atoms with Crippen molar-refractivity contribution in [2.24, 2.45) is 0 Å². The summed E-state index contributed by atoms with van der Waals surface area (Å²) in [5, 5.41) is 0. The summed E-state index contributed by atoms with van der Waals surface area (Å²) in [4.78, 5) is 11.0. The Labute approximate surface area is 109 Å². The fourth-order valence-electron chi connectivity index (χ4n) is 0.981. The Bertz CT molecular complexity index is 238. The molecule has 0 saturated heterocycles. The minimum absolute atomic E-state index is 0.229. The van der Waals surface area contributed by atoms with Crippen molar-refractivity contribution < 1.29 is 23.7 Å². The third kappa shape index (κ3) is 11.6. The van der Waals surface area contributed by atoms with E-state index >= 15 is 0 Å². The van der Waals surface area contributed by atoms with Gasteiger partial charge in [0.05, 0.1) is 39.1 Å². The van der Waals surface area contributed by atoms with Crippen LogP contribution in [0.4, 0.5) is 0 Å². The van der Waals surface area contributed by atoms with E-state index in [1.165, 1.54) is 0 Å². The Balaban J connectivity index is 3.12. The van der Waals surface area contributed by atoms with Crippen LogP contribution in [-0.2, 0) is 23.7 Å². The van der Waals surface area contributed by atoms with Crippen LogP contribution in [0.25, 0.3) is 0 Å². The normalized spacial score (nSPS) is 10.7. The van der Waals surface area contributed by atoms with E-state index < -0.39 is 0 Å². The van der Waals surface area contributed by atoms with Gasteiger partial charge in [-0.15, -0.1) is 0 Å². The van der Waals surface area contributed by atoms with Crippen LogP contribution in [0.2, 0.25) is 0 Å². The molecule has 0 radical (unpaired) electrons. The highest BCUT2D eigenvalue weighted by molar-refractivity contribution is 5.86. The first-order valence-electron chi connectivity index (χ1n) is 6.13. The smallest absolute Gasteiger partial charge is 0.333 e. The zero-order valence-corrected chi connectivity index (χ0v) is 11.6. The zero-order valence-electron chi connectivity index (χ0n) is 11.6. The Hall–Kier alpha value is -0.910. The number of rotatable bonds is 11. The fraction of sp³-hybridized carbons (Fsp3) is 0.769. The van der Waals surface area contributed by atoms with Gasteiger partial charge in [0.15, 0.2) is 0 Å². The molecule has 0 aliphatic carbocycles. The lowest BCUT2D eigenvalue weighted by atomic mass is 10.4. The molecule has 106 valence electrons. The molecule has 0 heterocycles. The molecule has 0 saturated carbocycles. The summed E-state index contributed by atoms with van der Waals surface area (Å²) in [6.45, 7) is 11.8. The maximum atomic E-state index is 11.0. The molecule has 0 aliphatic heterocycles. The molecule has 0 bridgehead atoms. The van der Waals surface area contributed by atoms with Gasteiger partial charge in [-0.3, -0.25) is 0 Å². The van der Waals surface area contributed by atoms with Crippen molar-refractivity contribution in [1.29, 1.82) is 0 Å². The van der Waals surface area contributed by atoms with Gasteiger partial charge < -0.3 is 18.9 Å². The second-order valence-corrected chi connectivity index (χ2v) is 4.06. The minimum Gasteiger partial charge on any atom is -0.460 e. The summed E-state index contributed by atoms with van der Waals surface area (Å²) >= 11 is 0. The Morgan fingerprint density at radius 1 is 1.00 bits per heavy atom. The number of carbonyl (C=O) groups excluding carboxylic acids is 1. The third-order valence-electron chi connectivity index (χ3n) is 1.86. The molecule has 5 nitrogen and oxygen atoms in total. The molecule has 0 aromatic carbocycles. The van der Waals surface area contributed by atoms with Gasteiger partial charge in [-0.2, -0.15) is 0 Å². The maximum absolute atomic E-state index is 11.0. The van der Waals surface area contributed by atoms with E-state index in [2.05, 4.69) is 6.58 Å². The highest BCUT2D eigenvalue weighted by Crippen LogP contribution is 1.91. The van der Waals surface area contributed by atoms with E-state index in [1.54, 1.807) is 6.92 Å². The van der Waals surface area contributed by atoms with E-state index in [0.29, 0.717) is 38.6 Å². The van der Waals surface area contributed by atoms with E-state index in [1.807, 2.05) is 13.8 Å². The van der Waals surface area contributed by atoms with Gasteiger partial charge in [0, 0.05) is 5.57 Å². The van der Waals surface area contributed by atoms with Gasteiger partial charge in [0.25, 0.3) is 0 Å². The molecule has 0 atom stereocenters. The van der Waals surface area contributed by atoms with Crippen LogP contribution in [0.5, 0.6) is 0 Å². The summed E-state index contributed by atoms with van der Waals surface area (Å²) < 4.78 is 20.7. The largest absolute Gasteiger partial charge is 0.460 e. The van der Waals surface area contributed by atoms with Gasteiger partial charge in [0.1, 0.15) is 6.61 Å². The average molecular weight is 260 g/mol. The van der Waals surface area contributed by atoms with Crippen LogP contribution < -0.4 is 0 Å². The van der Waals surface area contributed by atoms with Gasteiger partial charge in [-0.05, 0) is 20.8 Å². The van der Waals surface area contributed by atoms with Gasteiger partial charge in [-0.1, -0.05) is 6.58 Å². The quantitative estimate of drug-likeness (QED) is 0.320. The molecule has 0 spiro atoms. The summed E-state index contributed by atoms with van der Waals surface area (Å²) in [6, 6.07) is 0. The number of carbonyl (C=O) groups is 1. The summed E-state index contributed by atoms with van der Waals surface area (Å²) in [6.07, 6.45) is 0.229. The highest BCUT2D eigenvalue weighted by Gasteiger charge is 2.01. The van der Waals surface area contributed by atoms with Crippen molar-refractivity contribution >= 4 is 5.97 Å². The van der Waals surface area contributed by atoms with Gasteiger partial charge >= 0.3 is 5.97 Å². The average Bonchev–Trinajstić information content (AvgIpc) is 2.30. The molecular weight excluding hydrogens is 236 g/mol. The first-order valence-corrected chi connectivity index (χ1v) is 6.13. The van der Waals surface area contributed by atoms with Crippen molar-refractivity contribution in [2.45, 2.75) is 26.9 Å². The van der Waals surface area contributed by atoms with Crippen LogP contribution >= 0.6 is 0 Å². The van der Waals surface area contributed by atoms with E-state index in [4.69, 9.17) is 18.9 Å². The molecule has 0 unspecified atom stereocenters. The van der Waals surface area contributed by atoms with Gasteiger partial charge in [-0.25, -0.2) is 4.79 Å². The Morgan fingerprint density at radius 2 is 1.50 bits per heavy atom. The fourth-order valence-corrected chi connectivity index (χ4v) is 0.981. The third-order valence-corrected chi connectivity index (χ3v) is 1.86.